The maximum absolute atomic E-state index is 12.8. The molecule has 6 nitrogen and oxygen atoms in total. The molecule has 0 aromatic heterocycles. The molecule has 1 amide bonds. The molecule has 0 aliphatic carbocycles. The first-order valence-corrected chi connectivity index (χ1v) is 8.18. The first-order valence-electron chi connectivity index (χ1n) is 8.18. The van der Waals surface area contributed by atoms with Gasteiger partial charge in [-0.2, -0.15) is 0 Å². The number of benzene rings is 1. The number of hydrogen-bond donors (Lipinski definition) is 1. The van der Waals surface area contributed by atoms with Gasteiger partial charge in [-0.15, -0.1) is 0 Å². The van der Waals surface area contributed by atoms with E-state index < -0.39 is 0 Å². The summed E-state index contributed by atoms with van der Waals surface area (Å²) in [6.07, 6.45) is 0. The van der Waals surface area contributed by atoms with E-state index in [9.17, 15) is 4.79 Å². The first-order chi connectivity index (χ1) is 11.5. The van der Waals surface area contributed by atoms with Crippen molar-refractivity contribution < 1.29 is 19.4 Å². The predicted octanol–water partition coefficient (Wildman–Crippen LogP) is 1.41. The van der Waals surface area contributed by atoms with Crippen LogP contribution in [0.15, 0.2) is 18.2 Å². The zero-order valence-electron chi connectivity index (χ0n) is 14.6. The van der Waals surface area contributed by atoms with Crippen LogP contribution in [0.25, 0.3) is 0 Å². The molecule has 1 aromatic carbocycles. The highest BCUT2D eigenvalue weighted by molar-refractivity contribution is 5.94. The van der Waals surface area contributed by atoms with E-state index in [-0.39, 0.29) is 12.4 Å². The Labute approximate surface area is 143 Å². The van der Waals surface area contributed by atoms with Crippen molar-refractivity contribution >= 4 is 12.4 Å². The van der Waals surface area contributed by atoms with Crippen LogP contribution < -0.4 is 0 Å². The van der Waals surface area contributed by atoms with E-state index in [4.69, 9.17) is 14.6 Å². The number of carboxylic acid groups (broad SMARTS) is 1. The maximum atomic E-state index is 12.8. The van der Waals surface area contributed by atoms with E-state index in [1.165, 1.54) is 11.1 Å². The molecule has 1 aromatic rings. The second-order valence-corrected chi connectivity index (χ2v) is 6.61. The quantitative estimate of drug-likeness (QED) is 0.786. The molecule has 2 atom stereocenters. The third-order valence-corrected chi connectivity index (χ3v) is 4.78. The molecule has 24 heavy (non-hydrogen) atoms. The van der Waals surface area contributed by atoms with Gasteiger partial charge in [-0.3, -0.25) is 14.5 Å². The maximum Gasteiger partial charge on any atom is 0.290 e. The van der Waals surface area contributed by atoms with Crippen molar-refractivity contribution in [3.05, 3.63) is 34.9 Å². The highest BCUT2D eigenvalue weighted by Gasteiger charge is 2.33. The number of fused-ring (bicyclic) bond motifs is 3. The lowest BCUT2D eigenvalue weighted by Gasteiger charge is -2.30. The molecule has 2 aliphatic heterocycles. The predicted molar refractivity (Wildman–Crippen MR) is 91.2 cm³/mol. The SMILES string of the molecule is Cc1ccc(C(=O)N2C[C@@H]3COC[C@H](C2)N(C)C3)cc1C.O=CO. The van der Waals surface area contributed by atoms with Crippen LogP contribution in [0.5, 0.6) is 0 Å². The molecule has 0 saturated carbocycles. The second kappa shape index (κ2) is 8.26. The molecular weight excluding hydrogens is 308 g/mol. The standard InChI is InChI=1S/C17H24N2O2.CH2O2/c1-12-4-5-15(6-13(12)2)17(20)19-8-14-7-18(3)16(9-19)11-21-10-14;2-1-3/h4-6,14,16H,7-11H2,1-3H3;1H,(H,2,3)/t14-,16+;/m1./s1. The van der Waals surface area contributed by atoms with Crippen LogP contribution >= 0.6 is 0 Å². The molecule has 132 valence electrons. The fourth-order valence-electron chi connectivity index (χ4n) is 3.27. The molecule has 2 fully saturated rings. The number of nitrogens with zero attached hydrogens (tertiary/aromatic N) is 2. The van der Waals surface area contributed by atoms with Crippen molar-refractivity contribution in [3.63, 3.8) is 0 Å². The Balaban J connectivity index is 0.000000647. The van der Waals surface area contributed by atoms with Crippen LogP contribution in [-0.2, 0) is 9.53 Å². The van der Waals surface area contributed by atoms with Crippen molar-refractivity contribution in [1.82, 2.24) is 9.80 Å². The molecule has 0 spiro atoms. The normalized spacial score (nSPS) is 23.7. The number of likely N-dealkylation sites (N-methyl/N-ethyl adjacent to an activating group) is 1. The number of aryl methyl sites for hydroxylation is 2. The van der Waals surface area contributed by atoms with Crippen LogP contribution in [0.3, 0.4) is 0 Å². The highest BCUT2D eigenvalue weighted by atomic mass is 16.5. The van der Waals surface area contributed by atoms with Crippen molar-refractivity contribution in [1.29, 1.82) is 0 Å². The molecule has 6 heteroatoms. The molecular formula is C18H26N2O4. The number of rotatable bonds is 1. The highest BCUT2D eigenvalue weighted by Crippen LogP contribution is 2.20. The summed E-state index contributed by atoms with van der Waals surface area (Å²) in [6, 6.07) is 6.31. The smallest absolute Gasteiger partial charge is 0.290 e. The van der Waals surface area contributed by atoms with Gasteiger partial charge >= 0.3 is 0 Å². The van der Waals surface area contributed by atoms with Gasteiger partial charge in [0.2, 0.25) is 0 Å². The van der Waals surface area contributed by atoms with E-state index in [2.05, 4.69) is 25.8 Å². The molecule has 2 aliphatic rings. The van der Waals surface area contributed by atoms with Crippen LogP contribution in [0.4, 0.5) is 0 Å². The van der Waals surface area contributed by atoms with Crippen molar-refractivity contribution in [3.8, 4) is 0 Å². The van der Waals surface area contributed by atoms with Crippen LogP contribution in [0.2, 0.25) is 0 Å². The molecule has 0 radical (unpaired) electrons. The number of carbonyl (C=O) groups is 2. The summed E-state index contributed by atoms with van der Waals surface area (Å²) in [5.41, 5.74) is 3.21. The molecule has 2 bridgehead atoms. The summed E-state index contributed by atoms with van der Waals surface area (Å²) in [4.78, 5) is 25.5. The third kappa shape index (κ3) is 4.33. The average molecular weight is 334 g/mol. The van der Waals surface area contributed by atoms with Crippen LogP contribution in [0.1, 0.15) is 21.5 Å². The van der Waals surface area contributed by atoms with Gasteiger partial charge in [0.1, 0.15) is 0 Å². The van der Waals surface area contributed by atoms with E-state index in [0.29, 0.717) is 12.0 Å². The lowest BCUT2D eigenvalue weighted by atomic mass is 10.0. The Hall–Kier alpha value is -1.92. The zero-order chi connectivity index (χ0) is 17.7. The minimum Gasteiger partial charge on any atom is -0.483 e. The Morgan fingerprint density at radius 1 is 1.21 bits per heavy atom. The van der Waals surface area contributed by atoms with Gasteiger partial charge in [0.05, 0.1) is 19.3 Å². The fourth-order valence-corrected chi connectivity index (χ4v) is 3.27. The monoisotopic (exact) mass is 334 g/mol. The summed E-state index contributed by atoms with van der Waals surface area (Å²) in [5, 5.41) is 6.89. The van der Waals surface area contributed by atoms with Gasteiger partial charge in [-0.05, 0) is 44.2 Å². The molecule has 1 N–H and O–H groups in total. The van der Waals surface area contributed by atoms with Gasteiger partial charge in [-0.1, -0.05) is 6.07 Å². The fraction of sp³-hybridized carbons (Fsp3) is 0.556. The van der Waals surface area contributed by atoms with Crippen molar-refractivity contribution in [2.24, 2.45) is 5.92 Å². The minimum atomic E-state index is -0.250. The molecule has 2 heterocycles. The van der Waals surface area contributed by atoms with Gasteiger partial charge in [-0.25, -0.2) is 0 Å². The Kier molecular flexibility index (Phi) is 6.34. The van der Waals surface area contributed by atoms with Gasteiger partial charge in [0.15, 0.2) is 0 Å². The largest absolute Gasteiger partial charge is 0.483 e. The van der Waals surface area contributed by atoms with E-state index in [0.717, 1.165) is 38.4 Å². The zero-order valence-corrected chi connectivity index (χ0v) is 14.6. The number of amides is 1. The van der Waals surface area contributed by atoms with Gasteiger partial charge in [0.25, 0.3) is 12.4 Å². The van der Waals surface area contributed by atoms with E-state index >= 15 is 0 Å². The summed E-state index contributed by atoms with van der Waals surface area (Å²) in [5.74, 6) is 0.572. The number of hydrogen-bond acceptors (Lipinski definition) is 4. The van der Waals surface area contributed by atoms with Crippen molar-refractivity contribution in [2.75, 3.05) is 39.9 Å². The summed E-state index contributed by atoms with van der Waals surface area (Å²) < 4.78 is 5.72. The topological polar surface area (TPSA) is 70.1 Å². The lowest BCUT2D eigenvalue weighted by molar-refractivity contribution is -0.122. The molecule has 2 saturated heterocycles. The lowest BCUT2D eigenvalue weighted by Crippen LogP contribution is -2.44. The summed E-state index contributed by atoms with van der Waals surface area (Å²) in [7, 11) is 2.14. The van der Waals surface area contributed by atoms with Gasteiger partial charge in [0, 0.05) is 31.1 Å². The number of carbonyl (C=O) groups excluding carboxylic acids is 1. The van der Waals surface area contributed by atoms with Crippen LogP contribution in [0, 0.1) is 19.8 Å². The Bertz CT molecular complexity index is 590. The third-order valence-electron chi connectivity index (χ3n) is 4.78. The van der Waals surface area contributed by atoms with E-state index in [1.54, 1.807) is 0 Å². The van der Waals surface area contributed by atoms with E-state index in [1.807, 2.05) is 23.1 Å². The average Bonchev–Trinajstić information content (AvgIpc) is 2.78. The minimum absolute atomic E-state index is 0.158. The summed E-state index contributed by atoms with van der Waals surface area (Å²) >= 11 is 0. The molecule has 0 unspecified atom stereocenters. The second-order valence-electron chi connectivity index (χ2n) is 6.61. The summed E-state index contributed by atoms with van der Waals surface area (Å²) in [6.45, 7) is 7.95. The van der Waals surface area contributed by atoms with Crippen molar-refractivity contribution in [2.45, 2.75) is 19.9 Å². The number of ether oxygens (including phenoxy) is 1. The molecule has 3 rings (SSSR count). The Morgan fingerprint density at radius 2 is 1.92 bits per heavy atom. The van der Waals surface area contributed by atoms with Gasteiger partial charge < -0.3 is 14.7 Å². The Morgan fingerprint density at radius 3 is 2.58 bits per heavy atom. The first kappa shape index (κ1) is 18.4. The van der Waals surface area contributed by atoms with Crippen LogP contribution in [-0.4, -0.2) is 73.2 Å².